The van der Waals surface area contributed by atoms with Crippen LogP contribution in [0.15, 0.2) is 69.7 Å². The van der Waals surface area contributed by atoms with Crippen molar-refractivity contribution in [3.05, 3.63) is 81.0 Å². The van der Waals surface area contributed by atoms with Crippen LogP contribution in [0.3, 0.4) is 0 Å². The van der Waals surface area contributed by atoms with Gasteiger partial charge in [-0.3, -0.25) is 0 Å². The first-order chi connectivity index (χ1) is 10.1. The van der Waals surface area contributed by atoms with Gasteiger partial charge < -0.3 is 5.11 Å². The van der Waals surface area contributed by atoms with E-state index in [1.54, 1.807) is 10.9 Å². The van der Waals surface area contributed by atoms with E-state index in [-0.39, 0.29) is 0 Å². The molecule has 3 nitrogen and oxygen atoms in total. The summed E-state index contributed by atoms with van der Waals surface area (Å²) >= 11 is 6.89. The van der Waals surface area contributed by atoms with Crippen LogP contribution in [0.5, 0.6) is 0 Å². The zero-order valence-electron chi connectivity index (χ0n) is 10.9. The van der Waals surface area contributed by atoms with Crippen LogP contribution in [0.1, 0.15) is 17.4 Å². The van der Waals surface area contributed by atoms with Gasteiger partial charge in [0.2, 0.25) is 0 Å². The summed E-state index contributed by atoms with van der Waals surface area (Å²) in [6.45, 7) is 0. The van der Waals surface area contributed by atoms with Gasteiger partial charge in [-0.2, -0.15) is 5.10 Å². The van der Waals surface area contributed by atoms with Crippen LogP contribution >= 0.6 is 31.9 Å². The first-order valence-electron chi connectivity index (χ1n) is 6.38. The molecule has 0 bridgehead atoms. The molecule has 1 heterocycles. The van der Waals surface area contributed by atoms with E-state index in [1.807, 2.05) is 54.6 Å². The molecular formula is C16H12Br2N2O. The standard InChI is InChI=1S/C16H12Br2N2O/c17-12-8-11(9-13(18)10-12)16(21)15-6-7-19-20(15)14-4-2-1-3-5-14/h1-10,16,21H. The molecule has 0 saturated heterocycles. The molecule has 1 atom stereocenters. The number of para-hydroxylation sites is 1. The maximum absolute atomic E-state index is 10.7. The fourth-order valence-electron chi connectivity index (χ4n) is 2.21. The van der Waals surface area contributed by atoms with E-state index < -0.39 is 6.10 Å². The second-order valence-electron chi connectivity index (χ2n) is 4.61. The molecule has 0 spiro atoms. The highest BCUT2D eigenvalue weighted by Crippen LogP contribution is 2.29. The van der Waals surface area contributed by atoms with Gasteiger partial charge >= 0.3 is 0 Å². The molecule has 1 N–H and O–H groups in total. The minimum atomic E-state index is -0.749. The van der Waals surface area contributed by atoms with E-state index in [9.17, 15) is 5.11 Å². The van der Waals surface area contributed by atoms with Crippen LogP contribution in [0.25, 0.3) is 5.69 Å². The summed E-state index contributed by atoms with van der Waals surface area (Å²) in [5, 5.41) is 15.0. The van der Waals surface area contributed by atoms with Crippen LogP contribution in [-0.2, 0) is 0 Å². The normalized spacial score (nSPS) is 12.3. The Balaban J connectivity index is 2.03. The average Bonchev–Trinajstić information content (AvgIpc) is 2.95. The Kier molecular flexibility index (Phi) is 4.24. The summed E-state index contributed by atoms with van der Waals surface area (Å²) in [6.07, 6.45) is 0.944. The van der Waals surface area contributed by atoms with Crippen LogP contribution < -0.4 is 0 Å². The lowest BCUT2D eigenvalue weighted by atomic mass is 10.1. The number of hydrogen-bond donors (Lipinski definition) is 1. The number of nitrogens with zero attached hydrogens (tertiary/aromatic N) is 2. The Hall–Kier alpha value is -1.43. The quantitative estimate of drug-likeness (QED) is 0.695. The molecule has 2 aromatic carbocycles. The molecule has 0 aliphatic carbocycles. The van der Waals surface area contributed by atoms with Gasteiger partial charge in [0.05, 0.1) is 11.4 Å². The van der Waals surface area contributed by atoms with E-state index in [4.69, 9.17) is 0 Å². The summed E-state index contributed by atoms with van der Waals surface area (Å²) in [4.78, 5) is 0. The Morgan fingerprint density at radius 1 is 0.952 bits per heavy atom. The highest BCUT2D eigenvalue weighted by Gasteiger charge is 2.17. The molecule has 1 unspecified atom stereocenters. The lowest BCUT2D eigenvalue weighted by Crippen LogP contribution is -2.08. The van der Waals surface area contributed by atoms with Gasteiger partial charge in [-0.25, -0.2) is 4.68 Å². The van der Waals surface area contributed by atoms with Crippen LogP contribution in [-0.4, -0.2) is 14.9 Å². The number of aromatic nitrogens is 2. The SMILES string of the molecule is OC(c1cc(Br)cc(Br)c1)c1ccnn1-c1ccccc1. The van der Waals surface area contributed by atoms with E-state index in [0.717, 1.165) is 25.9 Å². The molecule has 0 amide bonds. The Bertz CT molecular complexity index is 736. The van der Waals surface area contributed by atoms with E-state index in [1.165, 1.54) is 0 Å². The predicted octanol–water partition coefficient (Wildman–Crippen LogP) is 4.48. The molecule has 1 aromatic heterocycles. The zero-order valence-corrected chi connectivity index (χ0v) is 14.1. The van der Waals surface area contributed by atoms with E-state index in [2.05, 4.69) is 37.0 Å². The van der Waals surface area contributed by atoms with Crippen molar-refractivity contribution >= 4 is 31.9 Å². The Labute approximate surface area is 139 Å². The minimum absolute atomic E-state index is 0.728. The maximum Gasteiger partial charge on any atom is 0.121 e. The van der Waals surface area contributed by atoms with E-state index >= 15 is 0 Å². The number of halogens is 2. The highest BCUT2D eigenvalue weighted by molar-refractivity contribution is 9.11. The minimum Gasteiger partial charge on any atom is -0.382 e. The number of aliphatic hydroxyl groups is 1. The van der Waals surface area contributed by atoms with Crippen molar-refractivity contribution in [2.24, 2.45) is 0 Å². The monoisotopic (exact) mass is 406 g/mol. The fourth-order valence-corrected chi connectivity index (χ4v) is 3.54. The summed E-state index contributed by atoms with van der Waals surface area (Å²) < 4.78 is 3.58. The second kappa shape index (κ2) is 6.13. The van der Waals surface area contributed by atoms with Gasteiger partial charge in [0.15, 0.2) is 0 Å². The predicted molar refractivity (Wildman–Crippen MR) is 89.5 cm³/mol. The number of rotatable bonds is 3. The molecule has 0 radical (unpaired) electrons. The van der Waals surface area contributed by atoms with Gasteiger partial charge in [0.25, 0.3) is 0 Å². The lowest BCUT2D eigenvalue weighted by Gasteiger charge is -2.14. The van der Waals surface area contributed by atoms with Crippen LogP contribution in [0.4, 0.5) is 0 Å². The molecule has 5 heteroatoms. The van der Waals surface area contributed by atoms with Gasteiger partial charge in [-0.1, -0.05) is 50.1 Å². The molecule has 3 aromatic rings. The van der Waals surface area contributed by atoms with Crippen molar-refractivity contribution in [1.29, 1.82) is 0 Å². The average molecular weight is 408 g/mol. The highest BCUT2D eigenvalue weighted by atomic mass is 79.9. The third kappa shape index (κ3) is 3.10. The van der Waals surface area contributed by atoms with Crippen LogP contribution in [0, 0.1) is 0 Å². The zero-order chi connectivity index (χ0) is 14.8. The van der Waals surface area contributed by atoms with Gasteiger partial charge in [0.1, 0.15) is 6.10 Å². The topological polar surface area (TPSA) is 38.1 Å². The van der Waals surface area contributed by atoms with Crippen molar-refractivity contribution < 1.29 is 5.11 Å². The molecule has 106 valence electrons. The van der Waals surface area contributed by atoms with Gasteiger partial charge in [-0.15, -0.1) is 0 Å². The third-order valence-corrected chi connectivity index (χ3v) is 4.07. The molecule has 0 fully saturated rings. The van der Waals surface area contributed by atoms with Gasteiger partial charge in [0, 0.05) is 15.1 Å². The van der Waals surface area contributed by atoms with Crippen molar-refractivity contribution in [3.63, 3.8) is 0 Å². The molecule has 0 aliphatic heterocycles. The van der Waals surface area contributed by atoms with Crippen molar-refractivity contribution in [2.45, 2.75) is 6.10 Å². The molecular weight excluding hydrogens is 396 g/mol. The van der Waals surface area contributed by atoms with Crippen molar-refractivity contribution in [1.82, 2.24) is 9.78 Å². The molecule has 0 aliphatic rings. The summed E-state index contributed by atoms with van der Waals surface area (Å²) in [5.41, 5.74) is 2.45. The number of benzene rings is 2. The van der Waals surface area contributed by atoms with Crippen molar-refractivity contribution in [3.8, 4) is 5.69 Å². The Morgan fingerprint density at radius 2 is 1.62 bits per heavy atom. The first kappa shape index (κ1) is 14.5. The largest absolute Gasteiger partial charge is 0.382 e. The van der Waals surface area contributed by atoms with Gasteiger partial charge in [-0.05, 0) is 42.0 Å². The molecule has 0 saturated carbocycles. The molecule has 21 heavy (non-hydrogen) atoms. The van der Waals surface area contributed by atoms with E-state index in [0.29, 0.717) is 0 Å². The summed E-state index contributed by atoms with van der Waals surface area (Å²) in [7, 11) is 0. The lowest BCUT2D eigenvalue weighted by molar-refractivity contribution is 0.212. The number of aliphatic hydroxyl groups excluding tert-OH is 1. The first-order valence-corrected chi connectivity index (χ1v) is 7.97. The fraction of sp³-hybridized carbons (Fsp3) is 0.0625. The maximum atomic E-state index is 10.7. The molecule has 3 rings (SSSR count). The smallest absolute Gasteiger partial charge is 0.121 e. The third-order valence-electron chi connectivity index (χ3n) is 3.15. The number of hydrogen-bond acceptors (Lipinski definition) is 2. The van der Waals surface area contributed by atoms with Crippen LogP contribution in [0.2, 0.25) is 0 Å². The second-order valence-corrected chi connectivity index (χ2v) is 6.44. The van der Waals surface area contributed by atoms with Crippen molar-refractivity contribution in [2.75, 3.05) is 0 Å². The summed E-state index contributed by atoms with van der Waals surface area (Å²) in [6, 6.07) is 17.3. The summed E-state index contributed by atoms with van der Waals surface area (Å²) in [5.74, 6) is 0. The Morgan fingerprint density at radius 3 is 2.29 bits per heavy atom.